The molecule has 2 aromatic rings. The molecule has 2 aromatic carbocycles. The van der Waals surface area contributed by atoms with Crippen LogP contribution in [0.5, 0.6) is 0 Å². The summed E-state index contributed by atoms with van der Waals surface area (Å²) < 4.78 is 0.955. The Labute approximate surface area is 128 Å². The van der Waals surface area contributed by atoms with Crippen LogP contribution in [-0.2, 0) is 0 Å². The first-order chi connectivity index (χ1) is 9.76. The number of hydrogen-bond acceptors (Lipinski definition) is 2. The lowest BCUT2D eigenvalue weighted by Crippen LogP contribution is -2.18. The van der Waals surface area contributed by atoms with Gasteiger partial charge in [0.1, 0.15) is 0 Å². The molecule has 2 rings (SSSR count). The van der Waals surface area contributed by atoms with E-state index < -0.39 is 0 Å². The standard InChI is InChI=1S/C17H17BrN2/c1-2-3-11-20(15-7-5-4-6-8-15)17-10-9-14(13-19)12-16(17)18/h4-10,12H,2-3,11H2,1H3. The fourth-order valence-electron chi connectivity index (χ4n) is 2.11. The molecule has 102 valence electrons. The molecule has 0 amide bonds. The molecule has 3 heteroatoms. The summed E-state index contributed by atoms with van der Waals surface area (Å²) in [5.41, 5.74) is 2.94. The van der Waals surface area contributed by atoms with E-state index in [2.05, 4.69) is 46.0 Å². The topological polar surface area (TPSA) is 27.0 Å². The van der Waals surface area contributed by atoms with Gasteiger partial charge in [0.2, 0.25) is 0 Å². The summed E-state index contributed by atoms with van der Waals surface area (Å²) >= 11 is 3.58. The van der Waals surface area contributed by atoms with Crippen molar-refractivity contribution in [2.45, 2.75) is 19.8 Å². The van der Waals surface area contributed by atoms with Gasteiger partial charge in [0.05, 0.1) is 17.3 Å². The minimum atomic E-state index is 0.670. The van der Waals surface area contributed by atoms with Gasteiger partial charge >= 0.3 is 0 Å². The second-order valence-electron chi connectivity index (χ2n) is 4.62. The molecule has 0 N–H and O–H groups in total. The Bertz CT molecular complexity index is 602. The van der Waals surface area contributed by atoms with Gasteiger partial charge in [-0.25, -0.2) is 0 Å². The Kier molecular flexibility index (Phi) is 5.20. The molecule has 0 saturated carbocycles. The fraction of sp³-hybridized carbons (Fsp3) is 0.235. The lowest BCUT2D eigenvalue weighted by atomic mass is 10.1. The summed E-state index contributed by atoms with van der Waals surface area (Å²) in [5.74, 6) is 0. The third-order valence-electron chi connectivity index (χ3n) is 3.17. The molecule has 0 fully saturated rings. The summed E-state index contributed by atoms with van der Waals surface area (Å²) in [6.45, 7) is 3.15. The zero-order valence-electron chi connectivity index (χ0n) is 11.5. The van der Waals surface area contributed by atoms with Crippen molar-refractivity contribution in [3.63, 3.8) is 0 Å². The van der Waals surface area contributed by atoms with Crippen molar-refractivity contribution in [1.82, 2.24) is 0 Å². The number of para-hydroxylation sites is 1. The van der Waals surface area contributed by atoms with Crippen molar-refractivity contribution < 1.29 is 0 Å². The van der Waals surface area contributed by atoms with E-state index in [1.807, 2.05) is 36.4 Å². The van der Waals surface area contributed by atoms with Gasteiger partial charge in [-0.2, -0.15) is 5.26 Å². The molecule has 0 unspecified atom stereocenters. The zero-order valence-corrected chi connectivity index (χ0v) is 13.1. The Hall–Kier alpha value is -1.79. The third-order valence-corrected chi connectivity index (χ3v) is 3.81. The second kappa shape index (κ2) is 7.12. The number of anilines is 2. The van der Waals surface area contributed by atoms with Gasteiger partial charge in [0.25, 0.3) is 0 Å². The number of benzene rings is 2. The van der Waals surface area contributed by atoms with Gasteiger partial charge in [-0.1, -0.05) is 31.5 Å². The van der Waals surface area contributed by atoms with Gasteiger partial charge in [-0.05, 0) is 52.7 Å². The van der Waals surface area contributed by atoms with Crippen LogP contribution in [-0.4, -0.2) is 6.54 Å². The monoisotopic (exact) mass is 328 g/mol. The summed E-state index contributed by atoms with van der Waals surface area (Å²) in [5, 5.41) is 8.97. The van der Waals surface area contributed by atoms with Crippen LogP contribution in [0.3, 0.4) is 0 Å². The lowest BCUT2D eigenvalue weighted by molar-refractivity contribution is 0.785. The minimum absolute atomic E-state index is 0.670. The first-order valence-electron chi connectivity index (χ1n) is 6.78. The van der Waals surface area contributed by atoms with Crippen LogP contribution < -0.4 is 4.90 Å². The Morgan fingerprint density at radius 1 is 1.15 bits per heavy atom. The summed E-state index contributed by atoms with van der Waals surface area (Å²) in [4.78, 5) is 2.29. The molecular formula is C17H17BrN2. The largest absolute Gasteiger partial charge is 0.341 e. The Morgan fingerprint density at radius 2 is 1.90 bits per heavy atom. The van der Waals surface area contributed by atoms with Crippen LogP contribution >= 0.6 is 15.9 Å². The molecule has 0 aromatic heterocycles. The van der Waals surface area contributed by atoms with Crippen LogP contribution in [0, 0.1) is 11.3 Å². The second-order valence-corrected chi connectivity index (χ2v) is 5.47. The van der Waals surface area contributed by atoms with Gasteiger partial charge in [0.15, 0.2) is 0 Å². The number of unbranched alkanes of at least 4 members (excludes halogenated alkanes) is 1. The molecule has 0 heterocycles. The molecule has 20 heavy (non-hydrogen) atoms. The Morgan fingerprint density at radius 3 is 2.50 bits per heavy atom. The highest BCUT2D eigenvalue weighted by atomic mass is 79.9. The predicted octanol–water partition coefficient (Wildman–Crippen LogP) is 5.26. The fourth-order valence-corrected chi connectivity index (χ4v) is 2.70. The van der Waals surface area contributed by atoms with E-state index in [0.717, 1.165) is 29.5 Å². The van der Waals surface area contributed by atoms with Crippen LogP contribution in [0.4, 0.5) is 11.4 Å². The van der Waals surface area contributed by atoms with E-state index in [-0.39, 0.29) is 0 Å². The molecule has 0 radical (unpaired) electrons. The third kappa shape index (κ3) is 3.40. The first-order valence-corrected chi connectivity index (χ1v) is 7.57. The summed E-state index contributed by atoms with van der Waals surface area (Å²) in [7, 11) is 0. The van der Waals surface area contributed by atoms with Gasteiger partial charge in [-0.15, -0.1) is 0 Å². The molecule has 0 atom stereocenters. The van der Waals surface area contributed by atoms with Crippen molar-refractivity contribution in [2.75, 3.05) is 11.4 Å². The number of hydrogen-bond donors (Lipinski definition) is 0. The van der Waals surface area contributed by atoms with E-state index >= 15 is 0 Å². The average Bonchev–Trinajstić information content (AvgIpc) is 2.50. The van der Waals surface area contributed by atoms with Crippen LogP contribution in [0.15, 0.2) is 53.0 Å². The minimum Gasteiger partial charge on any atom is -0.341 e. The molecule has 0 aliphatic rings. The highest BCUT2D eigenvalue weighted by Gasteiger charge is 2.12. The maximum atomic E-state index is 8.97. The number of nitrogens with zero attached hydrogens (tertiary/aromatic N) is 2. The maximum Gasteiger partial charge on any atom is 0.0992 e. The van der Waals surface area contributed by atoms with Gasteiger partial charge < -0.3 is 4.90 Å². The van der Waals surface area contributed by atoms with Crippen LogP contribution in [0.25, 0.3) is 0 Å². The predicted molar refractivity (Wildman–Crippen MR) is 87.2 cm³/mol. The first kappa shape index (κ1) is 14.6. The summed E-state index contributed by atoms with van der Waals surface area (Å²) in [6, 6.07) is 18.2. The lowest BCUT2D eigenvalue weighted by Gasteiger charge is -2.26. The Balaban J connectivity index is 2.39. The van der Waals surface area contributed by atoms with E-state index in [1.54, 1.807) is 0 Å². The van der Waals surface area contributed by atoms with Crippen molar-refractivity contribution in [3.8, 4) is 6.07 Å². The van der Waals surface area contributed by atoms with E-state index in [1.165, 1.54) is 5.69 Å². The molecule has 0 aliphatic heterocycles. The molecule has 0 aliphatic carbocycles. The molecule has 0 bridgehead atoms. The van der Waals surface area contributed by atoms with Crippen LogP contribution in [0.1, 0.15) is 25.3 Å². The van der Waals surface area contributed by atoms with E-state index in [4.69, 9.17) is 5.26 Å². The molecule has 2 nitrogen and oxygen atoms in total. The number of halogens is 1. The highest BCUT2D eigenvalue weighted by molar-refractivity contribution is 9.10. The SMILES string of the molecule is CCCCN(c1ccccc1)c1ccc(C#N)cc1Br. The van der Waals surface area contributed by atoms with Gasteiger partial charge in [-0.3, -0.25) is 0 Å². The number of nitriles is 1. The smallest absolute Gasteiger partial charge is 0.0992 e. The quantitative estimate of drug-likeness (QED) is 0.748. The number of rotatable bonds is 5. The maximum absolute atomic E-state index is 8.97. The molecule has 0 saturated heterocycles. The van der Waals surface area contributed by atoms with Crippen molar-refractivity contribution >= 4 is 27.3 Å². The summed E-state index contributed by atoms with van der Waals surface area (Å²) in [6.07, 6.45) is 2.28. The van der Waals surface area contributed by atoms with Crippen molar-refractivity contribution in [2.24, 2.45) is 0 Å². The molecule has 0 spiro atoms. The normalized spacial score (nSPS) is 10.1. The molecular weight excluding hydrogens is 312 g/mol. The van der Waals surface area contributed by atoms with E-state index in [9.17, 15) is 0 Å². The van der Waals surface area contributed by atoms with E-state index in [0.29, 0.717) is 5.56 Å². The van der Waals surface area contributed by atoms with Crippen LogP contribution in [0.2, 0.25) is 0 Å². The van der Waals surface area contributed by atoms with Crippen molar-refractivity contribution in [3.05, 3.63) is 58.6 Å². The van der Waals surface area contributed by atoms with Gasteiger partial charge in [0, 0.05) is 16.7 Å². The highest BCUT2D eigenvalue weighted by Crippen LogP contribution is 2.33. The average molecular weight is 329 g/mol. The van der Waals surface area contributed by atoms with Crippen molar-refractivity contribution in [1.29, 1.82) is 5.26 Å². The zero-order chi connectivity index (χ0) is 14.4.